The number of hydrogen-bond acceptors (Lipinski definition) is 7. The molecule has 1 unspecified atom stereocenters. The summed E-state index contributed by atoms with van der Waals surface area (Å²) in [5, 5.41) is 31.1. The lowest BCUT2D eigenvalue weighted by Crippen LogP contribution is -2.46. The molecule has 8 nitrogen and oxygen atoms in total. The number of benzene rings is 4. The highest BCUT2D eigenvalue weighted by Gasteiger charge is 2.24. The number of aryl methyl sites for hydroxylation is 1. The van der Waals surface area contributed by atoms with E-state index in [4.69, 9.17) is 0 Å². The van der Waals surface area contributed by atoms with Gasteiger partial charge in [0.15, 0.2) is 0 Å². The van der Waals surface area contributed by atoms with Crippen molar-refractivity contribution >= 4 is 23.2 Å². The average molecular weight is 649 g/mol. The number of hydrogen-bond donors (Lipinski definition) is 4. The lowest BCUT2D eigenvalue weighted by Gasteiger charge is -2.28. The van der Waals surface area contributed by atoms with E-state index in [9.17, 15) is 19.8 Å². The van der Waals surface area contributed by atoms with Crippen molar-refractivity contribution in [2.24, 2.45) is 0 Å². The molecule has 0 aliphatic rings. The molecule has 47 heavy (non-hydrogen) atoms. The molecule has 0 saturated carbocycles. The molecule has 1 heterocycles. The molecular weight excluding hydrogens is 609 g/mol. The first-order chi connectivity index (χ1) is 22.7. The van der Waals surface area contributed by atoms with Crippen LogP contribution in [0.15, 0.2) is 115 Å². The van der Waals surface area contributed by atoms with Gasteiger partial charge >= 0.3 is 0 Å². The van der Waals surface area contributed by atoms with E-state index in [1.165, 1.54) is 11.3 Å². The molecule has 0 bridgehead atoms. The van der Waals surface area contributed by atoms with Crippen LogP contribution in [0, 0.1) is 6.92 Å². The third-order valence-electron chi connectivity index (χ3n) is 7.90. The van der Waals surface area contributed by atoms with E-state index in [2.05, 4.69) is 15.6 Å². The molecule has 5 aromatic rings. The summed E-state index contributed by atoms with van der Waals surface area (Å²) in [6, 6.07) is 32.4. The minimum absolute atomic E-state index is 0.109. The van der Waals surface area contributed by atoms with Crippen LogP contribution < -0.4 is 10.6 Å². The van der Waals surface area contributed by atoms with Crippen LogP contribution in [0.2, 0.25) is 0 Å². The molecule has 0 radical (unpaired) electrons. The van der Waals surface area contributed by atoms with Crippen molar-refractivity contribution in [3.05, 3.63) is 153 Å². The topological polar surface area (TPSA) is 115 Å². The summed E-state index contributed by atoms with van der Waals surface area (Å²) in [7, 11) is 1.72. The maximum atomic E-state index is 13.7. The van der Waals surface area contributed by atoms with Gasteiger partial charge in [-0.1, -0.05) is 78.9 Å². The maximum absolute atomic E-state index is 13.7. The number of amides is 2. The van der Waals surface area contributed by atoms with Gasteiger partial charge in [0.05, 0.1) is 18.7 Å². The fourth-order valence-corrected chi connectivity index (χ4v) is 6.37. The second kappa shape index (κ2) is 16.1. The van der Waals surface area contributed by atoms with Crippen molar-refractivity contribution in [1.29, 1.82) is 0 Å². The second-order valence-corrected chi connectivity index (χ2v) is 12.7. The summed E-state index contributed by atoms with van der Waals surface area (Å²) in [4.78, 5) is 33.0. The first-order valence-electron chi connectivity index (χ1n) is 15.6. The molecule has 9 heteroatoms. The Morgan fingerprint density at radius 3 is 2.17 bits per heavy atom. The van der Waals surface area contributed by atoms with Gasteiger partial charge in [-0.05, 0) is 60.4 Å². The highest BCUT2D eigenvalue weighted by Crippen LogP contribution is 2.24. The number of aromatic nitrogens is 1. The van der Waals surface area contributed by atoms with Gasteiger partial charge in [0, 0.05) is 48.3 Å². The lowest BCUT2D eigenvalue weighted by molar-refractivity contribution is 0.0785. The van der Waals surface area contributed by atoms with E-state index >= 15 is 0 Å². The molecule has 5 rings (SSSR count). The number of nitrogens with one attached hydrogen (secondary N) is 2. The minimum atomic E-state index is -0.805. The molecule has 2 amide bonds. The molecular formula is C38H40N4O4S. The fraction of sp³-hybridized carbons (Fsp3) is 0.237. The zero-order chi connectivity index (χ0) is 33.2. The number of carbonyl (C=O) groups is 2. The number of phenolic OH excluding ortho intramolecular Hbond substituents is 1. The van der Waals surface area contributed by atoms with Crippen LogP contribution in [0.4, 0.5) is 0 Å². The Morgan fingerprint density at radius 1 is 0.851 bits per heavy atom. The van der Waals surface area contributed by atoms with Gasteiger partial charge in [0.1, 0.15) is 10.8 Å². The first kappa shape index (κ1) is 33.5. The smallest absolute Gasteiger partial charge is 0.253 e. The molecule has 3 atom stereocenters. The Morgan fingerprint density at radius 2 is 1.51 bits per heavy atom. The highest BCUT2D eigenvalue weighted by atomic mass is 32.1. The first-order valence-corrected chi connectivity index (χ1v) is 16.5. The monoisotopic (exact) mass is 648 g/mol. The number of aromatic hydroxyl groups is 1. The van der Waals surface area contributed by atoms with Crippen molar-refractivity contribution in [2.45, 2.75) is 44.5 Å². The highest BCUT2D eigenvalue weighted by molar-refractivity contribution is 7.09. The van der Waals surface area contributed by atoms with E-state index in [1.54, 1.807) is 54.4 Å². The Labute approximate surface area is 279 Å². The van der Waals surface area contributed by atoms with Crippen molar-refractivity contribution < 1.29 is 19.8 Å². The summed E-state index contributed by atoms with van der Waals surface area (Å²) < 4.78 is 0. The molecule has 0 spiro atoms. The number of nitrogens with zero attached hydrogens (tertiary/aromatic N) is 2. The minimum Gasteiger partial charge on any atom is -0.508 e. The molecule has 0 fully saturated rings. The SMILES string of the molecule is Cc1csc(CN(C)C(=O)c2cccc(C(=O)N[C@H](CN[C@@H](c3cccc(O)c3)C(O)Cc3ccccc3)Cc3ccccc3)c2)n1. The van der Waals surface area contributed by atoms with E-state index in [-0.39, 0.29) is 23.6 Å². The quantitative estimate of drug-likeness (QED) is 0.123. The summed E-state index contributed by atoms with van der Waals surface area (Å²) >= 11 is 1.51. The van der Waals surface area contributed by atoms with Gasteiger partial charge in [-0.3, -0.25) is 9.59 Å². The van der Waals surface area contributed by atoms with Gasteiger partial charge in [0.25, 0.3) is 11.8 Å². The van der Waals surface area contributed by atoms with Crippen LogP contribution in [0.1, 0.15) is 54.1 Å². The molecule has 1 aromatic heterocycles. The van der Waals surface area contributed by atoms with E-state index in [1.807, 2.05) is 79.0 Å². The number of rotatable bonds is 14. The summed E-state index contributed by atoms with van der Waals surface area (Å²) in [6.45, 7) is 2.64. The van der Waals surface area contributed by atoms with Crippen LogP contribution in [0.5, 0.6) is 5.75 Å². The normalized spacial score (nSPS) is 13.0. The standard InChI is InChI=1S/C38H40N4O4S/c1-26-25-47-35(40-26)24-42(2)38(46)31-17-9-16-30(21-31)37(45)41-32(19-27-11-5-3-6-12-27)23-39-36(29-15-10-18-33(43)22-29)34(44)20-28-13-7-4-8-14-28/h3-18,21-22,25,32,34,36,39,43-44H,19-20,23-24H2,1-2H3,(H,41,45)/t32-,34?,36-/m0/s1. The molecule has 4 aromatic carbocycles. The Kier molecular flexibility index (Phi) is 11.5. The number of phenols is 1. The van der Waals surface area contributed by atoms with Gasteiger partial charge in [-0.15, -0.1) is 11.3 Å². The largest absolute Gasteiger partial charge is 0.508 e. The van der Waals surface area contributed by atoms with Crippen molar-refractivity contribution in [2.75, 3.05) is 13.6 Å². The second-order valence-electron chi connectivity index (χ2n) is 11.7. The van der Waals surface area contributed by atoms with Crippen LogP contribution in [-0.4, -0.2) is 57.6 Å². The van der Waals surface area contributed by atoms with Gasteiger partial charge in [0.2, 0.25) is 0 Å². The van der Waals surface area contributed by atoms with Gasteiger partial charge < -0.3 is 25.7 Å². The van der Waals surface area contributed by atoms with Gasteiger partial charge in [-0.2, -0.15) is 0 Å². The fourth-order valence-electron chi connectivity index (χ4n) is 5.54. The van der Waals surface area contributed by atoms with Crippen molar-refractivity contribution in [3.63, 3.8) is 0 Å². The Balaban J connectivity index is 1.32. The predicted molar refractivity (Wildman–Crippen MR) is 185 cm³/mol. The third kappa shape index (κ3) is 9.59. The van der Waals surface area contributed by atoms with E-state index in [0.29, 0.717) is 37.1 Å². The van der Waals surface area contributed by atoms with Crippen molar-refractivity contribution in [3.8, 4) is 5.75 Å². The van der Waals surface area contributed by atoms with E-state index < -0.39 is 12.1 Å². The maximum Gasteiger partial charge on any atom is 0.253 e. The van der Waals surface area contributed by atoms with Crippen LogP contribution in [0.25, 0.3) is 0 Å². The summed E-state index contributed by atoms with van der Waals surface area (Å²) in [6.07, 6.45) is 0.136. The molecule has 0 saturated heterocycles. The van der Waals surface area contributed by atoms with E-state index in [0.717, 1.165) is 27.4 Å². The number of aliphatic hydroxyl groups excluding tert-OH is 1. The number of carbonyl (C=O) groups excluding carboxylic acids is 2. The number of aliphatic hydroxyl groups is 1. The zero-order valence-corrected chi connectivity index (χ0v) is 27.4. The molecule has 0 aliphatic heterocycles. The van der Waals surface area contributed by atoms with Crippen molar-refractivity contribution in [1.82, 2.24) is 20.5 Å². The lowest BCUT2D eigenvalue weighted by atomic mass is 9.95. The van der Waals surface area contributed by atoms with Gasteiger partial charge in [-0.25, -0.2) is 4.98 Å². The third-order valence-corrected chi connectivity index (χ3v) is 8.85. The number of thiazole rings is 1. The van der Waals surface area contributed by atoms with Crippen LogP contribution >= 0.6 is 11.3 Å². The average Bonchev–Trinajstić information content (AvgIpc) is 3.49. The Bertz CT molecular complexity index is 1760. The zero-order valence-electron chi connectivity index (χ0n) is 26.5. The summed E-state index contributed by atoms with van der Waals surface area (Å²) in [5.41, 5.74) is 4.48. The summed E-state index contributed by atoms with van der Waals surface area (Å²) in [5.74, 6) is -0.395. The predicted octanol–water partition coefficient (Wildman–Crippen LogP) is 5.70. The Hall–Kier alpha value is -4.83. The van der Waals surface area contributed by atoms with Crippen LogP contribution in [-0.2, 0) is 19.4 Å². The molecule has 0 aliphatic carbocycles. The molecule has 242 valence electrons. The molecule has 4 N–H and O–H groups in total. The van der Waals surface area contributed by atoms with Crippen LogP contribution in [0.3, 0.4) is 0 Å².